The number of rotatable bonds is 6. The Labute approximate surface area is 157 Å². The second-order valence-corrected chi connectivity index (χ2v) is 7.33. The number of hydrogen-bond acceptors (Lipinski definition) is 4. The average Bonchev–Trinajstić information content (AvgIpc) is 3.13. The van der Waals surface area contributed by atoms with Crippen molar-refractivity contribution in [3.05, 3.63) is 67.3 Å². The lowest BCUT2D eigenvalue weighted by atomic mass is 10.2. The molecule has 0 bridgehead atoms. The number of carbonyl (C=O) groups is 1. The van der Waals surface area contributed by atoms with Gasteiger partial charge in [0, 0.05) is 34.6 Å². The van der Waals surface area contributed by atoms with Crippen molar-refractivity contribution in [3.63, 3.8) is 0 Å². The maximum Gasteiger partial charge on any atom is 0.307 e. The Hall–Kier alpha value is -2.19. The van der Waals surface area contributed by atoms with Crippen molar-refractivity contribution in [2.45, 2.75) is 26.4 Å². The van der Waals surface area contributed by atoms with E-state index in [9.17, 15) is 9.59 Å². The van der Waals surface area contributed by atoms with E-state index in [0.717, 1.165) is 27.1 Å². The first-order chi connectivity index (χ1) is 12.0. The molecule has 0 aliphatic carbocycles. The summed E-state index contributed by atoms with van der Waals surface area (Å²) in [6, 6.07) is 9.70. The van der Waals surface area contributed by atoms with Crippen LogP contribution in [0.1, 0.15) is 17.7 Å². The molecule has 130 valence electrons. The molecule has 0 unspecified atom stereocenters. The second kappa shape index (κ2) is 7.79. The Bertz CT molecular complexity index is 944. The summed E-state index contributed by atoms with van der Waals surface area (Å²) in [7, 11) is 0. The third-order valence-corrected chi connectivity index (χ3v) is 5.12. The summed E-state index contributed by atoms with van der Waals surface area (Å²) in [6.07, 6.45) is 1.89. The molecule has 3 rings (SSSR count). The lowest BCUT2D eigenvalue weighted by Gasteiger charge is -2.10. The molecule has 8 heteroatoms. The molecular weight excluding hydrogens is 404 g/mol. The van der Waals surface area contributed by atoms with Gasteiger partial charge < -0.3 is 9.88 Å². The Morgan fingerprint density at radius 2 is 2.20 bits per heavy atom. The fourth-order valence-corrected chi connectivity index (χ4v) is 3.67. The van der Waals surface area contributed by atoms with Gasteiger partial charge in [0.05, 0.1) is 12.7 Å². The number of hydrogen-bond donors (Lipinski definition) is 1. The number of carbonyl (C=O) groups excluding carboxylic acids is 1. The topological polar surface area (TPSA) is 68.9 Å². The van der Waals surface area contributed by atoms with Gasteiger partial charge in [0.2, 0.25) is 5.91 Å². The number of nitrogens with zero attached hydrogens (tertiary/aromatic N) is 3. The Balaban J connectivity index is 1.62. The zero-order valence-corrected chi connectivity index (χ0v) is 16.0. The molecule has 1 N–H and O–H groups in total. The molecule has 6 nitrogen and oxygen atoms in total. The van der Waals surface area contributed by atoms with Crippen molar-refractivity contribution in [2.75, 3.05) is 5.32 Å². The first-order valence-corrected chi connectivity index (χ1v) is 9.41. The summed E-state index contributed by atoms with van der Waals surface area (Å²) >= 11 is 4.60. The van der Waals surface area contributed by atoms with Crippen LogP contribution in [-0.4, -0.2) is 20.3 Å². The number of benzene rings is 1. The molecule has 0 saturated carbocycles. The van der Waals surface area contributed by atoms with Gasteiger partial charge in [-0.3, -0.25) is 9.59 Å². The van der Waals surface area contributed by atoms with Gasteiger partial charge in [-0.05, 0) is 24.6 Å². The third-order valence-electron chi connectivity index (χ3n) is 3.74. The molecule has 2 heterocycles. The lowest BCUT2D eigenvalue weighted by molar-refractivity contribution is -0.116. The number of anilines is 1. The molecule has 0 atom stereocenters. The quantitative estimate of drug-likeness (QED) is 0.665. The average molecular weight is 421 g/mol. The zero-order chi connectivity index (χ0) is 17.8. The minimum Gasteiger partial charge on any atom is -0.311 e. The summed E-state index contributed by atoms with van der Waals surface area (Å²) in [5, 5.41) is 8.93. The number of aromatic nitrogens is 3. The van der Waals surface area contributed by atoms with Gasteiger partial charge in [-0.25, -0.2) is 4.68 Å². The molecule has 0 saturated heterocycles. The molecular formula is C17H17BrN4O2S. The van der Waals surface area contributed by atoms with Crippen LogP contribution in [0.4, 0.5) is 5.82 Å². The van der Waals surface area contributed by atoms with Crippen molar-refractivity contribution < 1.29 is 4.79 Å². The van der Waals surface area contributed by atoms with Gasteiger partial charge in [-0.15, -0.1) is 0 Å². The van der Waals surface area contributed by atoms with Crippen LogP contribution in [0.25, 0.3) is 0 Å². The fourth-order valence-electron chi connectivity index (χ4n) is 2.47. The van der Waals surface area contributed by atoms with E-state index in [4.69, 9.17) is 0 Å². The van der Waals surface area contributed by atoms with Crippen LogP contribution in [0.2, 0.25) is 0 Å². The normalized spacial score (nSPS) is 10.8. The maximum absolute atomic E-state index is 12.2. The largest absolute Gasteiger partial charge is 0.311 e. The van der Waals surface area contributed by atoms with E-state index in [-0.39, 0.29) is 17.2 Å². The zero-order valence-electron chi connectivity index (χ0n) is 13.6. The van der Waals surface area contributed by atoms with Gasteiger partial charge in [0.15, 0.2) is 0 Å². The smallest absolute Gasteiger partial charge is 0.307 e. The van der Waals surface area contributed by atoms with E-state index in [2.05, 4.69) is 26.3 Å². The van der Waals surface area contributed by atoms with Gasteiger partial charge in [0.1, 0.15) is 5.82 Å². The highest BCUT2D eigenvalue weighted by Gasteiger charge is 2.10. The summed E-state index contributed by atoms with van der Waals surface area (Å²) in [4.78, 5) is 23.9. The predicted octanol–water partition coefficient (Wildman–Crippen LogP) is 3.25. The Morgan fingerprint density at radius 1 is 1.36 bits per heavy atom. The fraction of sp³-hybridized carbons (Fsp3) is 0.235. The number of amides is 1. The minimum absolute atomic E-state index is 0.0370. The molecule has 0 fully saturated rings. The van der Waals surface area contributed by atoms with E-state index in [1.807, 2.05) is 31.2 Å². The van der Waals surface area contributed by atoms with Crippen LogP contribution in [0, 0.1) is 6.92 Å². The van der Waals surface area contributed by atoms with Gasteiger partial charge in [-0.1, -0.05) is 39.4 Å². The van der Waals surface area contributed by atoms with E-state index in [0.29, 0.717) is 18.9 Å². The number of nitrogens with one attached hydrogen (secondary N) is 1. The molecule has 0 aliphatic rings. The molecule has 3 aromatic rings. The van der Waals surface area contributed by atoms with Crippen LogP contribution in [-0.2, 0) is 17.9 Å². The Morgan fingerprint density at radius 3 is 2.92 bits per heavy atom. The number of aryl methyl sites for hydroxylation is 1. The number of thiazole rings is 1. The monoisotopic (exact) mass is 420 g/mol. The SMILES string of the molecule is Cc1csc(=O)n1CCC(=O)Nc1ccnn1Cc1cccc(Br)c1. The number of halogens is 1. The molecule has 1 amide bonds. The minimum atomic E-state index is -0.145. The summed E-state index contributed by atoms with van der Waals surface area (Å²) < 4.78 is 4.35. The predicted molar refractivity (Wildman–Crippen MR) is 102 cm³/mol. The van der Waals surface area contributed by atoms with Crippen LogP contribution in [0.5, 0.6) is 0 Å². The highest BCUT2D eigenvalue weighted by Crippen LogP contribution is 2.15. The maximum atomic E-state index is 12.2. The van der Waals surface area contributed by atoms with Crippen molar-refractivity contribution in [2.24, 2.45) is 0 Å². The van der Waals surface area contributed by atoms with Crippen molar-refractivity contribution in [1.29, 1.82) is 0 Å². The molecule has 0 spiro atoms. The van der Waals surface area contributed by atoms with Crippen molar-refractivity contribution in [3.8, 4) is 0 Å². The second-order valence-electron chi connectivity index (χ2n) is 5.60. The third kappa shape index (κ3) is 4.46. The van der Waals surface area contributed by atoms with Crippen LogP contribution < -0.4 is 10.2 Å². The Kier molecular flexibility index (Phi) is 5.50. The molecule has 1 aromatic carbocycles. The van der Waals surface area contributed by atoms with Gasteiger partial charge in [0.25, 0.3) is 0 Å². The summed E-state index contributed by atoms with van der Waals surface area (Å²) in [6.45, 7) is 2.80. The van der Waals surface area contributed by atoms with Crippen LogP contribution in [0.3, 0.4) is 0 Å². The molecule has 0 radical (unpaired) electrons. The molecule has 2 aromatic heterocycles. The van der Waals surface area contributed by atoms with Gasteiger partial charge >= 0.3 is 4.87 Å². The molecule has 25 heavy (non-hydrogen) atoms. The highest BCUT2D eigenvalue weighted by molar-refractivity contribution is 9.10. The first kappa shape index (κ1) is 17.6. The van der Waals surface area contributed by atoms with E-state index in [1.54, 1.807) is 26.9 Å². The summed E-state index contributed by atoms with van der Waals surface area (Å²) in [5.74, 6) is 0.493. The van der Waals surface area contributed by atoms with Crippen LogP contribution in [0.15, 0.2) is 51.2 Å². The van der Waals surface area contributed by atoms with E-state index < -0.39 is 0 Å². The van der Waals surface area contributed by atoms with Crippen molar-refractivity contribution in [1.82, 2.24) is 14.3 Å². The van der Waals surface area contributed by atoms with Crippen molar-refractivity contribution >= 4 is 39.0 Å². The van der Waals surface area contributed by atoms with Gasteiger partial charge in [-0.2, -0.15) is 5.10 Å². The van der Waals surface area contributed by atoms with E-state index >= 15 is 0 Å². The highest BCUT2D eigenvalue weighted by atomic mass is 79.9. The molecule has 0 aliphatic heterocycles. The lowest BCUT2D eigenvalue weighted by Crippen LogP contribution is -2.21. The first-order valence-electron chi connectivity index (χ1n) is 7.74. The van der Waals surface area contributed by atoms with E-state index in [1.165, 1.54) is 0 Å². The summed E-state index contributed by atoms with van der Waals surface area (Å²) in [5.41, 5.74) is 1.96. The van der Waals surface area contributed by atoms with Crippen LogP contribution >= 0.6 is 27.3 Å². The standard InChI is InChI=1S/C17H17BrN4O2S/c1-12-11-25-17(24)21(12)8-6-16(23)20-15-5-7-19-22(15)10-13-3-2-4-14(18)9-13/h2-5,7,9,11H,6,8,10H2,1H3,(H,20,23).